The van der Waals surface area contributed by atoms with Crippen molar-refractivity contribution in [2.45, 2.75) is 26.3 Å². The van der Waals surface area contributed by atoms with Gasteiger partial charge in [0, 0.05) is 17.4 Å². The molecule has 0 spiro atoms. The normalized spacial score (nSPS) is 14.8. The third-order valence-corrected chi connectivity index (χ3v) is 1.94. The predicted molar refractivity (Wildman–Crippen MR) is 53.2 cm³/mol. The highest BCUT2D eigenvalue weighted by Gasteiger charge is 2.19. The summed E-state index contributed by atoms with van der Waals surface area (Å²) in [5.41, 5.74) is 4.86. The van der Waals surface area contributed by atoms with E-state index in [0.29, 0.717) is 12.0 Å². The molecule has 0 fully saturated rings. The Hall–Kier alpha value is -1.92. The number of rotatable bonds is 5. The SMILES string of the molecule is CC/C(=C\C(=N\O)C(N)=O)C(C)[N+](=O)[O-]. The molecule has 0 aromatic heterocycles. The molecule has 0 saturated carbocycles. The second kappa shape index (κ2) is 5.74. The maximum absolute atomic E-state index is 10.7. The van der Waals surface area contributed by atoms with E-state index in [1.165, 1.54) is 6.92 Å². The van der Waals surface area contributed by atoms with Crippen LogP contribution < -0.4 is 5.73 Å². The van der Waals surface area contributed by atoms with E-state index in [-0.39, 0.29) is 5.71 Å². The van der Waals surface area contributed by atoms with E-state index in [0.717, 1.165) is 6.08 Å². The Balaban J connectivity index is 5.03. The number of primary amides is 1. The molecular weight excluding hydrogens is 202 g/mol. The largest absolute Gasteiger partial charge is 0.410 e. The molecule has 0 saturated heterocycles. The summed E-state index contributed by atoms with van der Waals surface area (Å²) in [6, 6.07) is -0.939. The van der Waals surface area contributed by atoms with E-state index in [9.17, 15) is 14.9 Å². The summed E-state index contributed by atoms with van der Waals surface area (Å²) in [5, 5.41) is 21.6. The van der Waals surface area contributed by atoms with E-state index in [1.54, 1.807) is 6.92 Å². The first kappa shape index (κ1) is 13.1. The van der Waals surface area contributed by atoms with E-state index < -0.39 is 16.9 Å². The zero-order valence-electron chi connectivity index (χ0n) is 8.51. The molecular formula is C8H13N3O4. The summed E-state index contributed by atoms with van der Waals surface area (Å²) < 4.78 is 0. The minimum absolute atomic E-state index is 0.367. The number of hydrogen-bond acceptors (Lipinski definition) is 5. The van der Waals surface area contributed by atoms with Crippen molar-refractivity contribution in [1.29, 1.82) is 0 Å². The van der Waals surface area contributed by atoms with Crippen molar-refractivity contribution in [2.75, 3.05) is 0 Å². The van der Waals surface area contributed by atoms with Gasteiger partial charge in [0.15, 0.2) is 5.71 Å². The van der Waals surface area contributed by atoms with Crippen molar-refractivity contribution >= 4 is 11.6 Å². The van der Waals surface area contributed by atoms with Gasteiger partial charge in [0.05, 0.1) is 0 Å². The van der Waals surface area contributed by atoms with Crippen LogP contribution in [0.1, 0.15) is 20.3 Å². The molecule has 0 heterocycles. The first-order valence-corrected chi connectivity index (χ1v) is 4.29. The lowest BCUT2D eigenvalue weighted by Gasteiger charge is -2.06. The van der Waals surface area contributed by atoms with Gasteiger partial charge < -0.3 is 10.9 Å². The Labute approximate surface area is 86.4 Å². The molecule has 0 rings (SSSR count). The zero-order chi connectivity index (χ0) is 12.0. The molecule has 1 atom stereocenters. The molecule has 0 aromatic carbocycles. The molecule has 3 N–H and O–H groups in total. The molecule has 84 valence electrons. The molecule has 7 heteroatoms. The van der Waals surface area contributed by atoms with Crippen LogP contribution in [-0.2, 0) is 4.79 Å². The first-order valence-electron chi connectivity index (χ1n) is 4.29. The lowest BCUT2D eigenvalue weighted by Crippen LogP contribution is -2.24. The number of oxime groups is 1. The van der Waals surface area contributed by atoms with Gasteiger partial charge in [-0.2, -0.15) is 0 Å². The minimum atomic E-state index is -0.939. The van der Waals surface area contributed by atoms with Crippen LogP contribution in [0.2, 0.25) is 0 Å². The van der Waals surface area contributed by atoms with E-state index >= 15 is 0 Å². The van der Waals surface area contributed by atoms with Gasteiger partial charge in [-0.25, -0.2) is 0 Å². The molecule has 1 amide bonds. The number of carbonyl (C=O) groups excluding carboxylic acids is 1. The van der Waals surface area contributed by atoms with Gasteiger partial charge in [0.25, 0.3) is 5.91 Å². The predicted octanol–water partition coefficient (Wildman–Crippen LogP) is 0.304. The fourth-order valence-corrected chi connectivity index (χ4v) is 0.978. The number of nitrogens with zero attached hydrogens (tertiary/aromatic N) is 2. The van der Waals surface area contributed by atoms with Crippen LogP contribution in [0.5, 0.6) is 0 Å². The monoisotopic (exact) mass is 215 g/mol. The van der Waals surface area contributed by atoms with Crippen molar-refractivity contribution in [1.82, 2.24) is 0 Å². The summed E-state index contributed by atoms with van der Waals surface area (Å²) >= 11 is 0. The second-order valence-electron chi connectivity index (χ2n) is 2.88. The quantitative estimate of drug-likeness (QED) is 0.296. The average molecular weight is 215 g/mol. The van der Waals surface area contributed by atoms with Crippen LogP contribution in [0.4, 0.5) is 0 Å². The van der Waals surface area contributed by atoms with Crippen LogP contribution in [0.15, 0.2) is 16.8 Å². The molecule has 0 aliphatic heterocycles. The Morgan fingerprint density at radius 1 is 1.73 bits per heavy atom. The number of nitrogens with two attached hydrogens (primary N) is 1. The summed E-state index contributed by atoms with van der Waals surface area (Å²) in [7, 11) is 0. The van der Waals surface area contributed by atoms with Gasteiger partial charge in [0.2, 0.25) is 6.04 Å². The summed E-state index contributed by atoms with van der Waals surface area (Å²) in [6.45, 7) is 3.08. The number of nitro groups is 1. The van der Waals surface area contributed by atoms with Gasteiger partial charge in [0.1, 0.15) is 0 Å². The highest BCUT2D eigenvalue weighted by Crippen LogP contribution is 2.10. The number of hydrogen-bond donors (Lipinski definition) is 2. The average Bonchev–Trinajstić information content (AvgIpc) is 2.18. The van der Waals surface area contributed by atoms with Crippen molar-refractivity contribution in [3.8, 4) is 0 Å². The van der Waals surface area contributed by atoms with Gasteiger partial charge in [-0.3, -0.25) is 14.9 Å². The van der Waals surface area contributed by atoms with Gasteiger partial charge in [-0.05, 0) is 12.5 Å². The summed E-state index contributed by atoms with van der Waals surface area (Å²) in [6.07, 6.45) is 1.50. The van der Waals surface area contributed by atoms with E-state index in [1.807, 2.05) is 0 Å². The Morgan fingerprint density at radius 3 is 2.53 bits per heavy atom. The fraction of sp³-hybridized carbons (Fsp3) is 0.500. The standard InChI is InChI=1S/C8H13N3O4/c1-3-6(5(2)11(14)15)4-7(10-13)8(9)12/h4-5,13H,3H2,1-2H3,(H2,9,12)/b6-4+,10-7-. The highest BCUT2D eigenvalue weighted by atomic mass is 16.6. The van der Waals surface area contributed by atoms with Crippen LogP contribution in [0.3, 0.4) is 0 Å². The minimum Gasteiger partial charge on any atom is -0.410 e. The lowest BCUT2D eigenvalue weighted by atomic mass is 10.0. The van der Waals surface area contributed by atoms with Gasteiger partial charge in [-0.1, -0.05) is 12.1 Å². The van der Waals surface area contributed by atoms with Crippen LogP contribution >= 0.6 is 0 Å². The van der Waals surface area contributed by atoms with Crippen molar-refractivity contribution in [2.24, 2.45) is 10.9 Å². The lowest BCUT2D eigenvalue weighted by molar-refractivity contribution is -0.507. The molecule has 0 aliphatic carbocycles. The van der Waals surface area contributed by atoms with Crippen molar-refractivity contribution in [3.63, 3.8) is 0 Å². The number of carbonyl (C=O) groups is 1. The Morgan fingerprint density at radius 2 is 2.27 bits per heavy atom. The smallest absolute Gasteiger partial charge is 0.270 e. The third kappa shape index (κ3) is 3.75. The van der Waals surface area contributed by atoms with Crippen LogP contribution in [0.25, 0.3) is 0 Å². The maximum atomic E-state index is 10.7. The van der Waals surface area contributed by atoms with Crippen LogP contribution in [-0.4, -0.2) is 27.8 Å². The van der Waals surface area contributed by atoms with Crippen molar-refractivity contribution < 1.29 is 14.9 Å². The fourth-order valence-electron chi connectivity index (χ4n) is 0.978. The second-order valence-corrected chi connectivity index (χ2v) is 2.88. The molecule has 7 nitrogen and oxygen atoms in total. The topological polar surface area (TPSA) is 119 Å². The molecule has 15 heavy (non-hydrogen) atoms. The Bertz CT molecular complexity index is 322. The summed E-state index contributed by atoms with van der Waals surface area (Å²) in [5.74, 6) is -0.931. The van der Waals surface area contributed by atoms with Crippen LogP contribution in [0, 0.1) is 10.1 Å². The summed E-state index contributed by atoms with van der Waals surface area (Å²) in [4.78, 5) is 20.7. The maximum Gasteiger partial charge on any atom is 0.270 e. The molecule has 0 bridgehead atoms. The van der Waals surface area contributed by atoms with Gasteiger partial charge >= 0.3 is 0 Å². The number of amides is 1. The zero-order valence-corrected chi connectivity index (χ0v) is 8.51. The molecule has 0 aliphatic rings. The molecule has 0 aromatic rings. The Kier molecular flexibility index (Phi) is 5.00. The van der Waals surface area contributed by atoms with E-state index in [2.05, 4.69) is 5.16 Å². The molecule has 1 unspecified atom stereocenters. The van der Waals surface area contributed by atoms with Crippen molar-refractivity contribution in [3.05, 3.63) is 21.8 Å². The van der Waals surface area contributed by atoms with Gasteiger partial charge in [-0.15, -0.1) is 0 Å². The van der Waals surface area contributed by atoms with E-state index in [4.69, 9.17) is 10.9 Å². The highest BCUT2D eigenvalue weighted by molar-refractivity contribution is 6.42. The molecule has 0 radical (unpaired) electrons. The first-order chi connectivity index (χ1) is 6.93. The third-order valence-electron chi connectivity index (χ3n) is 1.94.